The zero-order valence-corrected chi connectivity index (χ0v) is 16.8. The zero-order valence-electron chi connectivity index (χ0n) is 16.8. The fourth-order valence-electron chi connectivity index (χ4n) is 3.39. The van der Waals surface area contributed by atoms with Gasteiger partial charge in [0.2, 0.25) is 0 Å². The molecule has 5 aromatic rings. The van der Waals surface area contributed by atoms with E-state index in [1.54, 1.807) is 0 Å². The van der Waals surface area contributed by atoms with Crippen LogP contribution in [0.15, 0.2) is 79.1 Å². The second-order valence-electron chi connectivity index (χ2n) is 7.24. The van der Waals surface area contributed by atoms with Crippen molar-refractivity contribution in [3.05, 3.63) is 84.7 Å². The maximum Gasteiger partial charge on any atom is 0.323 e. The molecule has 0 aliphatic heterocycles. The highest BCUT2D eigenvalue weighted by Crippen LogP contribution is 2.30. The number of aromatic nitrogens is 4. The van der Waals surface area contributed by atoms with Crippen molar-refractivity contribution in [3.8, 4) is 22.8 Å². The summed E-state index contributed by atoms with van der Waals surface area (Å²) in [6.45, 7) is 2.00. The average Bonchev–Trinajstić information content (AvgIpc) is 3.49. The third-order valence-corrected chi connectivity index (χ3v) is 4.94. The van der Waals surface area contributed by atoms with Crippen molar-refractivity contribution in [1.29, 1.82) is 0 Å². The van der Waals surface area contributed by atoms with Crippen LogP contribution in [0, 0.1) is 6.92 Å². The molecule has 0 aliphatic carbocycles. The van der Waals surface area contributed by atoms with E-state index < -0.39 is 0 Å². The van der Waals surface area contributed by atoms with Gasteiger partial charge < -0.3 is 20.6 Å². The van der Waals surface area contributed by atoms with Crippen LogP contribution in [0.5, 0.6) is 0 Å². The van der Waals surface area contributed by atoms with E-state index >= 15 is 0 Å². The number of aryl methyl sites for hydroxylation is 1. The lowest BCUT2D eigenvalue weighted by Gasteiger charge is -2.11. The number of amides is 2. The molecule has 3 aromatic heterocycles. The second kappa shape index (κ2) is 7.79. The molecule has 0 unspecified atom stereocenters. The summed E-state index contributed by atoms with van der Waals surface area (Å²) in [5.41, 5.74) is 7.19. The van der Waals surface area contributed by atoms with Gasteiger partial charge in [0.05, 0.1) is 22.4 Å². The Morgan fingerprint density at radius 2 is 1.32 bits per heavy atom. The number of carbonyl (C=O) groups excluding carboxylic acids is 1. The Morgan fingerprint density at radius 1 is 0.742 bits per heavy atom. The predicted octanol–water partition coefficient (Wildman–Crippen LogP) is 5.57. The number of rotatable bonds is 4. The topological polar surface area (TPSA) is 98.5 Å². The lowest BCUT2D eigenvalue weighted by atomic mass is 10.1. The molecule has 152 valence electrons. The molecule has 0 spiro atoms. The van der Waals surface area contributed by atoms with Gasteiger partial charge in [0.1, 0.15) is 11.4 Å². The van der Waals surface area contributed by atoms with Crippen molar-refractivity contribution in [1.82, 2.24) is 19.9 Å². The smallest absolute Gasteiger partial charge is 0.323 e. The van der Waals surface area contributed by atoms with Crippen molar-refractivity contribution >= 4 is 28.4 Å². The van der Waals surface area contributed by atoms with Crippen molar-refractivity contribution in [2.24, 2.45) is 0 Å². The molecular weight excluding hydrogens is 388 g/mol. The van der Waals surface area contributed by atoms with E-state index in [0.29, 0.717) is 11.2 Å². The Hall–Kier alpha value is -4.39. The van der Waals surface area contributed by atoms with Crippen molar-refractivity contribution in [3.63, 3.8) is 0 Å². The number of aromatic amines is 2. The summed E-state index contributed by atoms with van der Waals surface area (Å²) in [5, 5.41) is 5.69. The van der Waals surface area contributed by atoms with Crippen LogP contribution in [0.1, 0.15) is 5.56 Å². The van der Waals surface area contributed by atoms with Gasteiger partial charge in [0.15, 0.2) is 0 Å². The highest BCUT2D eigenvalue weighted by molar-refractivity contribution is 6.01. The molecule has 7 nitrogen and oxygen atoms in total. The quantitative estimate of drug-likeness (QED) is 0.313. The molecule has 2 aromatic carbocycles. The van der Waals surface area contributed by atoms with Crippen LogP contribution in [-0.2, 0) is 0 Å². The molecule has 0 saturated heterocycles. The van der Waals surface area contributed by atoms with E-state index in [0.717, 1.165) is 39.5 Å². The van der Waals surface area contributed by atoms with E-state index in [1.165, 1.54) is 0 Å². The van der Waals surface area contributed by atoms with E-state index in [-0.39, 0.29) is 6.03 Å². The Bertz CT molecular complexity index is 1340. The van der Waals surface area contributed by atoms with Crippen LogP contribution in [0.2, 0.25) is 0 Å². The minimum absolute atomic E-state index is 0.316. The van der Waals surface area contributed by atoms with Crippen LogP contribution >= 0.6 is 0 Å². The Morgan fingerprint density at radius 3 is 1.94 bits per heavy atom. The van der Waals surface area contributed by atoms with Gasteiger partial charge in [-0.3, -0.25) is 0 Å². The van der Waals surface area contributed by atoms with Crippen LogP contribution in [0.3, 0.4) is 0 Å². The first kappa shape index (κ1) is 18.6. The van der Waals surface area contributed by atoms with Crippen molar-refractivity contribution in [2.45, 2.75) is 6.92 Å². The number of benzene rings is 2. The summed E-state index contributed by atoms with van der Waals surface area (Å²) in [6.07, 6.45) is 3.71. The van der Waals surface area contributed by atoms with Crippen LogP contribution in [0.25, 0.3) is 33.8 Å². The Labute approximate surface area is 178 Å². The van der Waals surface area contributed by atoms with E-state index in [1.807, 2.05) is 86.0 Å². The number of carbonyl (C=O) groups is 1. The normalized spacial score (nSPS) is 10.9. The standard InChI is InChI=1S/C24H20N6O/c1-15-6-8-16(9-7-15)27-24(31)28-17-10-11-18-21(14-17)30-23(20-5-3-13-26-20)22(29-18)19-4-2-12-25-19/h2-14,25-26H,1H3,(H2,27,28,31). The lowest BCUT2D eigenvalue weighted by Crippen LogP contribution is -2.19. The van der Waals surface area contributed by atoms with Gasteiger partial charge in [-0.15, -0.1) is 0 Å². The molecule has 0 radical (unpaired) electrons. The molecule has 0 atom stereocenters. The average molecular weight is 408 g/mol. The molecule has 0 saturated carbocycles. The molecule has 0 bridgehead atoms. The number of anilines is 2. The fraction of sp³-hybridized carbons (Fsp3) is 0.0417. The highest BCUT2D eigenvalue weighted by atomic mass is 16.2. The van der Waals surface area contributed by atoms with Gasteiger partial charge in [-0.2, -0.15) is 0 Å². The van der Waals surface area contributed by atoms with Gasteiger partial charge in [-0.05, 0) is 61.5 Å². The third kappa shape index (κ3) is 3.89. The zero-order chi connectivity index (χ0) is 21.2. The lowest BCUT2D eigenvalue weighted by molar-refractivity contribution is 0.262. The summed E-state index contributed by atoms with van der Waals surface area (Å²) < 4.78 is 0. The third-order valence-electron chi connectivity index (χ3n) is 4.94. The monoisotopic (exact) mass is 408 g/mol. The first-order valence-electron chi connectivity index (χ1n) is 9.90. The molecule has 2 amide bonds. The van der Waals surface area contributed by atoms with E-state index in [9.17, 15) is 4.79 Å². The van der Waals surface area contributed by atoms with Gasteiger partial charge in [0.25, 0.3) is 0 Å². The number of hydrogen-bond acceptors (Lipinski definition) is 3. The number of H-pyrrole nitrogens is 2. The maximum absolute atomic E-state index is 12.4. The number of hydrogen-bond donors (Lipinski definition) is 4. The molecule has 7 heteroatoms. The predicted molar refractivity (Wildman–Crippen MR) is 123 cm³/mol. The second-order valence-corrected chi connectivity index (χ2v) is 7.24. The van der Waals surface area contributed by atoms with E-state index in [4.69, 9.17) is 9.97 Å². The molecule has 0 aliphatic rings. The van der Waals surface area contributed by atoms with Crippen LogP contribution in [-0.4, -0.2) is 26.0 Å². The summed E-state index contributed by atoms with van der Waals surface area (Å²) in [6, 6.07) is 20.6. The molecule has 5 rings (SSSR count). The largest absolute Gasteiger partial charge is 0.360 e. The molecule has 3 heterocycles. The first-order chi connectivity index (χ1) is 15.2. The van der Waals surface area contributed by atoms with Crippen LogP contribution < -0.4 is 10.6 Å². The number of fused-ring (bicyclic) bond motifs is 1. The SMILES string of the molecule is Cc1ccc(NC(=O)Nc2ccc3nc(-c4ccc[nH]4)c(-c4ccc[nH]4)nc3c2)cc1. The minimum Gasteiger partial charge on any atom is -0.360 e. The molecule has 4 N–H and O–H groups in total. The molecule has 31 heavy (non-hydrogen) atoms. The summed E-state index contributed by atoms with van der Waals surface area (Å²) in [7, 11) is 0. The van der Waals surface area contributed by atoms with Crippen molar-refractivity contribution in [2.75, 3.05) is 10.6 Å². The van der Waals surface area contributed by atoms with E-state index in [2.05, 4.69) is 20.6 Å². The summed E-state index contributed by atoms with van der Waals surface area (Å²) >= 11 is 0. The summed E-state index contributed by atoms with van der Waals surface area (Å²) in [4.78, 5) is 28.5. The fourth-order valence-corrected chi connectivity index (χ4v) is 3.39. The highest BCUT2D eigenvalue weighted by Gasteiger charge is 2.15. The summed E-state index contributed by atoms with van der Waals surface area (Å²) in [5.74, 6) is 0. The van der Waals surface area contributed by atoms with Crippen molar-refractivity contribution < 1.29 is 4.79 Å². The Kier molecular flexibility index (Phi) is 4.68. The van der Waals surface area contributed by atoms with Gasteiger partial charge >= 0.3 is 6.03 Å². The Balaban J connectivity index is 1.47. The number of nitrogens with zero attached hydrogens (tertiary/aromatic N) is 2. The number of urea groups is 1. The molecule has 0 fully saturated rings. The van der Waals surface area contributed by atoms with Gasteiger partial charge in [-0.1, -0.05) is 17.7 Å². The van der Waals surface area contributed by atoms with Gasteiger partial charge in [0, 0.05) is 23.8 Å². The van der Waals surface area contributed by atoms with Crippen LogP contribution in [0.4, 0.5) is 16.2 Å². The van der Waals surface area contributed by atoms with Gasteiger partial charge in [-0.25, -0.2) is 14.8 Å². The molecular formula is C24H20N6O. The number of nitrogens with one attached hydrogen (secondary N) is 4. The maximum atomic E-state index is 12.4. The minimum atomic E-state index is -0.316. The first-order valence-corrected chi connectivity index (χ1v) is 9.90.